The third-order valence-corrected chi connectivity index (χ3v) is 7.10. The molecule has 3 heterocycles. The van der Waals surface area contributed by atoms with Gasteiger partial charge in [-0.15, -0.1) is 0 Å². The Morgan fingerprint density at radius 1 is 0.975 bits per heavy atom. The maximum atomic E-state index is 13.3. The third kappa shape index (κ3) is 9.10. The molecule has 40 heavy (non-hydrogen) atoms. The lowest BCUT2D eigenvalue weighted by Gasteiger charge is -2.26. The molecular weight excluding hydrogens is 518 g/mol. The van der Waals surface area contributed by atoms with Gasteiger partial charge >= 0.3 is 0 Å². The minimum atomic E-state index is -1.07. The molecule has 0 spiro atoms. The fourth-order valence-electron chi connectivity index (χ4n) is 4.81. The number of hydrogen-bond acceptors (Lipinski definition) is 9. The normalized spacial score (nSPS) is 21.2. The minimum Gasteiger partial charge on any atom is -0.382 e. The summed E-state index contributed by atoms with van der Waals surface area (Å²) < 4.78 is 15.9. The molecule has 1 aromatic rings. The van der Waals surface area contributed by atoms with Crippen molar-refractivity contribution in [1.29, 1.82) is 0 Å². The van der Waals surface area contributed by atoms with Crippen LogP contribution in [0, 0.1) is 11.8 Å². The van der Waals surface area contributed by atoms with Crippen LogP contribution in [0.3, 0.4) is 0 Å². The molecule has 2 saturated heterocycles. The van der Waals surface area contributed by atoms with E-state index in [9.17, 15) is 19.2 Å². The van der Waals surface area contributed by atoms with Gasteiger partial charge in [0, 0.05) is 13.2 Å². The monoisotopic (exact) mass is 563 g/mol. The van der Waals surface area contributed by atoms with Gasteiger partial charge in [-0.2, -0.15) is 0 Å². The summed E-state index contributed by atoms with van der Waals surface area (Å²) in [6, 6.07) is -1.16. The van der Waals surface area contributed by atoms with Crippen LogP contribution in [-0.4, -0.2) is 90.7 Å². The highest BCUT2D eigenvalue weighted by Gasteiger charge is 2.50. The van der Waals surface area contributed by atoms with Crippen LogP contribution in [0.2, 0.25) is 0 Å². The molecule has 224 valence electrons. The largest absolute Gasteiger partial charge is 0.382 e. The minimum absolute atomic E-state index is 0.0705. The maximum absolute atomic E-state index is 13.3. The van der Waals surface area contributed by atoms with Crippen molar-refractivity contribution in [3.63, 3.8) is 0 Å². The molecule has 0 bridgehead atoms. The summed E-state index contributed by atoms with van der Waals surface area (Å²) >= 11 is 0. The number of aromatic nitrogens is 1. The van der Waals surface area contributed by atoms with Gasteiger partial charge in [0.15, 0.2) is 17.2 Å². The Morgan fingerprint density at radius 3 is 2.12 bits per heavy atom. The van der Waals surface area contributed by atoms with Gasteiger partial charge in [-0.3, -0.25) is 24.1 Å². The molecule has 3 rings (SSSR count). The number of hydrogen-bond donors (Lipinski definition) is 3. The molecule has 2 fully saturated rings. The maximum Gasteiger partial charge on any atom is 0.274 e. The Morgan fingerprint density at radius 2 is 1.55 bits per heavy atom. The van der Waals surface area contributed by atoms with Crippen molar-refractivity contribution < 1.29 is 33.2 Å². The molecule has 0 aliphatic carbocycles. The zero-order valence-corrected chi connectivity index (χ0v) is 24.6. The second-order valence-electron chi connectivity index (χ2n) is 11.9. The van der Waals surface area contributed by atoms with E-state index in [0.29, 0.717) is 31.8 Å². The predicted molar refractivity (Wildman–Crippen MR) is 146 cm³/mol. The zero-order valence-electron chi connectivity index (χ0n) is 24.6. The predicted octanol–water partition coefficient (Wildman–Crippen LogP) is 1.44. The second kappa shape index (κ2) is 14.2. The smallest absolute Gasteiger partial charge is 0.274 e. The van der Waals surface area contributed by atoms with Gasteiger partial charge in [0.1, 0.15) is 17.7 Å². The van der Waals surface area contributed by atoms with E-state index in [2.05, 4.69) is 26.0 Å². The Bertz CT molecular complexity index is 1030. The van der Waals surface area contributed by atoms with Crippen molar-refractivity contribution >= 4 is 23.5 Å². The first kappa shape index (κ1) is 31.7. The lowest BCUT2D eigenvalue weighted by Crippen LogP contribution is -2.58. The van der Waals surface area contributed by atoms with Crippen molar-refractivity contribution in [1.82, 2.24) is 26.0 Å². The Hall–Kier alpha value is -2.83. The highest BCUT2D eigenvalue weighted by Crippen LogP contribution is 2.29. The molecule has 12 nitrogen and oxygen atoms in total. The number of nitrogens with one attached hydrogen (secondary N) is 3. The molecule has 12 heteroatoms. The van der Waals surface area contributed by atoms with E-state index < -0.39 is 41.4 Å². The van der Waals surface area contributed by atoms with Crippen molar-refractivity contribution in [3.8, 4) is 0 Å². The van der Waals surface area contributed by atoms with Gasteiger partial charge in [0.25, 0.3) is 5.91 Å². The Labute approximate surface area is 236 Å². The molecule has 3 amide bonds. The van der Waals surface area contributed by atoms with Crippen LogP contribution in [0.1, 0.15) is 76.6 Å². The standard InChI is InChI=1S/C28H45N5O7/c1-17(2)11-20(24(34)28(5)16-39-28)29-27(37)23(15-38-6)31-25(35)21(12-18(3)4)30-26(36)22-13-19(40-32-22)14-33-9-7-8-10-33/h13,17-18,20-21,23H,7-12,14-16H2,1-6H3,(H,29,37)(H,30,36)(H,31,35)/t20-,21-,23-,28+/m0/s1. The number of rotatable bonds is 16. The quantitative estimate of drug-likeness (QED) is 0.253. The summed E-state index contributed by atoms with van der Waals surface area (Å²) in [5, 5.41) is 12.1. The lowest BCUT2D eigenvalue weighted by molar-refractivity contribution is -0.134. The number of epoxide rings is 1. The van der Waals surface area contributed by atoms with Crippen LogP contribution in [0.5, 0.6) is 0 Å². The number of ether oxygens (including phenoxy) is 2. The number of nitrogens with zero attached hydrogens (tertiary/aromatic N) is 2. The summed E-state index contributed by atoms with van der Waals surface area (Å²) in [5.41, 5.74) is -0.803. The molecule has 1 aromatic heterocycles. The average Bonchev–Trinajstić information content (AvgIpc) is 3.24. The van der Waals surface area contributed by atoms with Crippen LogP contribution in [0.4, 0.5) is 0 Å². The summed E-state index contributed by atoms with van der Waals surface area (Å²) in [6.07, 6.45) is 3.04. The van der Waals surface area contributed by atoms with Crippen molar-refractivity contribution in [3.05, 3.63) is 17.5 Å². The fourth-order valence-corrected chi connectivity index (χ4v) is 4.81. The Balaban J connectivity index is 1.65. The highest BCUT2D eigenvalue weighted by molar-refractivity contribution is 5.99. The van der Waals surface area contributed by atoms with Gasteiger partial charge in [-0.1, -0.05) is 32.9 Å². The van der Waals surface area contributed by atoms with E-state index in [-0.39, 0.29) is 29.9 Å². The van der Waals surface area contributed by atoms with E-state index in [4.69, 9.17) is 14.0 Å². The molecule has 0 aromatic carbocycles. The molecular formula is C28H45N5O7. The topological polar surface area (TPSA) is 155 Å². The number of likely N-dealkylation sites (tertiary alicyclic amines) is 1. The SMILES string of the molecule is COC[C@H](NC(=O)[C@H](CC(C)C)NC(=O)c1cc(CN2CCCC2)on1)C(=O)N[C@@H](CC(C)C)C(=O)[C@@]1(C)CO1. The first-order valence-electron chi connectivity index (χ1n) is 14.2. The summed E-state index contributed by atoms with van der Waals surface area (Å²) in [4.78, 5) is 54.7. The molecule has 3 N–H and O–H groups in total. The van der Waals surface area contributed by atoms with Gasteiger partial charge in [0.2, 0.25) is 11.8 Å². The molecule has 0 unspecified atom stereocenters. The number of amides is 3. The summed E-state index contributed by atoms with van der Waals surface area (Å²) in [6.45, 7) is 12.2. The molecule has 0 radical (unpaired) electrons. The Kier molecular flexibility index (Phi) is 11.2. The zero-order chi connectivity index (χ0) is 29.4. The van der Waals surface area contributed by atoms with Crippen LogP contribution < -0.4 is 16.0 Å². The second-order valence-corrected chi connectivity index (χ2v) is 11.9. The van der Waals surface area contributed by atoms with Crippen LogP contribution >= 0.6 is 0 Å². The first-order valence-corrected chi connectivity index (χ1v) is 14.2. The lowest BCUT2D eigenvalue weighted by atomic mass is 9.93. The molecule has 0 saturated carbocycles. The van der Waals surface area contributed by atoms with E-state index >= 15 is 0 Å². The number of methoxy groups -OCH3 is 1. The van der Waals surface area contributed by atoms with Crippen molar-refractivity contribution in [2.24, 2.45) is 11.8 Å². The van der Waals surface area contributed by atoms with Crippen LogP contribution in [-0.2, 0) is 30.4 Å². The summed E-state index contributed by atoms with van der Waals surface area (Å²) in [5.74, 6) is -1.01. The number of Topliss-reactive ketones (excluding diaryl/α,β-unsaturated/α-hetero) is 1. The van der Waals surface area contributed by atoms with Crippen LogP contribution in [0.25, 0.3) is 0 Å². The van der Waals surface area contributed by atoms with Crippen LogP contribution in [0.15, 0.2) is 10.6 Å². The number of carbonyl (C=O) groups is 4. The van der Waals surface area contributed by atoms with Crippen molar-refractivity contribution in [2.45, 2.75) is 90.6 Å². The summed E-state index contributed by atoms with van der Waals surface area (Å²) in [7, 11) is 1.42. The van der Waals surface area contributed by atoms with E-state index in [1.807, 2.05) is 27.7 Å². The molecule has 2 aliphatic heterocycles. The number of carbonyl (C=O) groups excluding carboxylic acids is 4. The number of ketones is 1. The molecule has 4 atom stereocenters. The third-order valence-electron chi connectivity index (χ3n) is 7.10. The van der Waals surface area contributed by atoms with Gasteiger partial charge in [-0.25, -0.2) is 0 Å². The highest BCUT2D eigenvalue weighted by atomic mass is 16.6. The van der Waals surface area contributed by atoms with Gasteiger partial charge < -0.3 is 29.9 Å². The van der Waals surface area contributed by atoms with E-state index in [1.54, 1.807) is 13.0 Å². The van der Waals surface area contributed by atoms with E-state index in [0.717, 1.165) is 25.9 Å². The molecule has 2 aliphatic rings. The van der Waals surface area contributed by atoms with Gasteiger partial charge in [0.05, 0.1) is 25.8 Å². The van der Waals surface area contributed by atoms with E-state index in [1.165, 1.54) is 7.11 Å². The fraction of sp³-hybridized carbons (Fsp3) is 0.750. The van der Waals surface area contributed by atoms with Crippen molar-refractivity contribution in [2.75, 3.05) is 33.4 Å². The first-order chi connectivity index (χ1) is 18.9. The average molecular weight is 564 g/mol. The van der Waals surface area contributed by atoms with Gasteiger partial charge in [-0.05, 0) is 57.5 Å².